The maximum absolute atomic E-state index is 12.0. The van der Waals surface area contributed by atoms with Crippen LogP contribution in [0, 0.1) is 5.92 Å². The topological polar surface area (TPSA) is 43.8 Å². The molecule has 0 bridgehead atoms. The minimum absolute atomic E-state index is 0.0752. The number of hydrogen-bond donors (Lipinski definition) is 1. The molecule has 1 saturated heterocycles. The summed E-state index contributed by atoms with van der Waals surface area (Å²) in [6, 6.07) is -0.341. The third kappa shape index (κ3) is 3.18. The fraction of sp³-hybridized carbons (Fsp3) is 0.909. The number of aliphatic hydroxyl groups is 1. The Morgan fingerprint density at radius 1 is 1.47 bits per heavy atom. The number of rotatable bonds is 3. The number of aliphatic hydroxyl groups excluding tert-OH is 1. The molecule has 15 heavy (non-hydrogen) atoms. The molecule has 0 saturated carbocycles. The molecule has 1 atom stereocenters. The van der Waals surface area contributed by atoms with E-state index in [1.54, 1.807) is 0 Å². The van der Waals surface area contributed by atoms with Crippen LogP contribution in [0.4, 0.5) is 0 Å². The average Bonchev–Trinajstić information content (AvgIpc) is 2.27. The third-order valence-corrected chi connectivity index (χ3v) is 2.83. The van der Waals surface area contributed by atoms with E-state index in [9.17, 15) is 9.90 Å². The van der Waals surface area contributed by atoms with E-state index in [2.05, 4.69) is 13.8 Å². The van der Waals surface area contributed by atoms with Gasteiger partial charge in [0.25, 0.3) is 0 Å². The fourth-order valence-electron chi connectivity index (χ4n) is 2.02. The van der Waals surface area contributed by atoms with Gasteiger partial charge in [0.1, 0.15) is 6.04 Å². The van der Waals surface area contributed by atoms with Gasteiger partial charge in [0.05, 0.1) is 6.61 Å². The molecule has 88 valence electrons. The summed E-state index contributed by atoms with van der Waals surface area (Å²) in [5, 5.41) is 9.22. The van der Waals surface area contributed by atoms with Crippen molar-refractivity contribution in [3.8, 4) is 0 Å². The van der Waals surface area contributed by atoms with Gasteiger partial charge in [-0.25, -0.2) is 0 Å². The maximum atomic E-state index is 12.0. The van der Waals surface area contributed by atoms with Crippen molar-refractivity contribution in [2.45, 2.75) is 26.3 Å². The molecule has 0 aromatic carbocycles. The lowest BCUT2D eigenvalue weighted by Gasteiger charge is -2.27. The molecule has 4 nitrogen and oxygen atoms in total. The second-order valence-electron chi connectivity index (χ2n) is 4.71. The first-order chi connectivity index (χ1) is 7.06. The molecule has 1 N–H and O–H groups in total. The van der Waals surface area contributed by atoms with Crippen molar-refractivity contribution in [2.75, 3.05) is 33.3 Å². The molecular weight excluding hydrogens is 192 g/mol. The first kappa shape index (κ1) is 12.5. The zero-order valence-electron chi connectivity index (χ0n) is 9.94. The van der Waals surface area contributed by atoms with Crippen molar-refractivity contribution in [2.24, 2.45) is 5.92 Å². The second kappa shape index (κ2) is 5.47. The van der Waals surface area contributed by atoms with Gasteiger partial charge in [0.15, 0.2) is 0 Å². The standard InChI is InChI=1S/C11H22N2O2/c1-9(2)7-13-6-4-5-12(3)10(8-14)11(13)15/h9-10,14H,4-8H2,1-3H3. The van der Waals surface area contributed by atoms with Crippen molar-refractivity contribution in [3.05, 3.63) is 0 Å². The monoisotopic (exact) mass is 214 g/mol. The van der Waals surface area contributed by atoms with Gasteiger partial charge in [-0.15, -0.1) is 0 Å². The largest absolute Gasteiger partial charge is 0.394 e. The molecule has 0 spiro atoms. The molecule has 0 radical (unpaired) electrons. The van der Waals surface area contributed by atoms with E-state index in [1.165, 1.54) is 0 Å². The Hall–Kier alpha value is -0.610. The minimum atomic E-state index is -0.341. The van der Waals surface area contributed by atoms with Crippen LogP contribution in [0.2, 0.25) is 0 Å². The van der Waals surface area contributed by atoms with Gasteiger partial charge in [-0.1, -0.05) is 13.8 Å². The molecule has 1 fully saturated rings. The average molecular weight is 214 g/mol. The summed E-state index contributed by atoms with van der Waals surface area (Å²) in [6.45, 7) is 6.63. The molecule has 1 aliphatic rings. The van der Waals surface area contributed by atoms with E-state index in [-0.39, 0.29) is 18.6 Å². The molecule has 0 aromatic rings. The second-order valence-corrected chi connectivity index (χ2v) is 4.71. The Kier molecular flexibility index (Phi) is 4.54. The molecular formula is C11H22N2O2. The van der Waals surface area contributed by atoms with Crippen molar-refractivity contribution in [1.29, 1.82) is 0 Å². The highest BCUT2D eigenvalue weighted by molar-refractivity contribution is 5.82. The van der Waals surface area contributed by atoms with Crippen LogP contribution >= 0.6 is 0 Å². The van der Waals surface area contributed by atoms with Crippen LogP contribution in [0.3, 0.4) is 0 Å². The van der Waals surface area contributed by atoms with Crippen molar-refractivity contribution < 1.29 is 9.90 Å². The Bertz CT molecular complexity index is 219. The van der Waals surface area contributed by atoms with Crippen LogP contribution in [-0.4, -0.2) is 60.1 Å². The van der Waals surface area contributed by atoms with Gasteiger partial charge < -0.3 is 10.0 Å². The van der Waals surface area contributed by atoms with Crippen molar-refractivity contribution >= 4 is 5.91 Å². The summed E-state index contributed by atoms with van der Waals surface area (Å²) in [4.78, 5) is 15.9. The zero-order valence-corrected chi connectivity index (χ0v) is 9.94. The highest BCUT2D eigenvalue weighted by atomic mass is 16.3. The highest BCUT2D eigenvalue weighted by Crippen LogP contribution is 2.11. The van der Waals surface area contributed by atoms with E-state index in [4.69, 9.17) is 0 Å². The normalized spacial score (nSPS) is 24.7. The first-order valence-corrected chi connectivity index (χ1v) is 5.66. The van der Waals surface area contributed by atoms with Crippen LogP contribution in [0.25, 0.3) is 0 Å². The smallest absolute Gasteiger partial charge is 0.242 e. The molecule has 1 amide bonds. The molecule has 0 aliphatic carbocycles. The Labute approximate surface area is 91.9 Å². The van der Waals surface area contributed by atoms with Gasteiger partial charge in [-0.2, -0.15) is 0 Å². The summed E-state index contributed by atoms with van der Waals surface area (Å²) < 4.78 is 0. The Morgan fingerprint density at radius 3 is 2.67 bits per heavy atom. The van der Waals surface area contributed by atoms with Gasteiger partial charge in [-0.3, -0.25) is 9.69 Å². The quantitative estimate of drug-likeness (QED) is 0.728. The van der Waals surface area contributed by atoms with Crippen molar-refractivity contribution in [3.63, 3.8) is 0 Å². The van der Waals surface area contributed by atoms with E-state index in [0.717, 1.165) is 26.1 Å². The first-order valence-electron chi connectivity index (χ1n) is 5.66. The predicted octanol–water partition coefficient (Wildman–Crippen LogP) is 0.167. The summed E-state index contributed by atoms with van der Waals surface area (Å²) in [5.41, 5.74) is 0. The summed E-state index contributed by atoms with van der Waals surface area (Å²) in [7, 11) is 1.90. The van der Waals surface area contributed by atoms with E-state index < -0.39 is 0 Å². The zero-order chi connectivity index (χ0) is 11.4. The minimum Gasteiger partial charge on any atom is -0.394 e. The van der Waals surface area contributed by atoms with Crippen LogP contribution < -0.4 is 0 Å². The van der Waals surface area contributed by atoms with E-state index >= 15 is 0 Å². The van der Waals surface area contributed by atoms with Gasteiger partial charge in [0.2, 0.25) is 5.91 Å². The Balaban J connectivity index is 2.69. The van der Waals surface area contributed by atoms with Gasteiger partial charge in [-0.05, 0) is 19.4 Å². The summed E-state index contributed by atoms with van der Waals surface area (Å²) in [5.74, 6) is 0.558. The molecule has 1 unspecified atom stereocenters. The third-order valence-electron chi connectivity index (χ3n) is 2.83. The molecule has 1 heterocycles. The summed E-state index contributed by atoms with van der Waals surface area (Å²) >= 11 is 0. The molecule has 4 heteroatoms. The van der Waals surface area contributed by atoms with Gasteiger partial charge >= 0.3 is 0 Å². The van der Waals surface area contributed by atoms with E-state index in [1.807, 2.05) is 16.8 Å². The van der Waals surface area contributed by atoms with Crippen molar-refractivity contribution in [1.82, 2.24) is 9.80 Å². The van der Waals surface area contributed by atoms with Gasteiger partial charge in [0, 0.05) is 19.6 Å². The number of amides is 1. The number of carbonyl (C=O) groups is 1. The lowest BCUT2D eigenvalue weighted by atomic mass is 10.2. The fourth-order valence-corrected chi connectivity index (χ4v) is 2.02. The molecule has 1 rings (SSSR count). The number of nitrogens with zero attached hydrogens (tertiary/aromatic N) is 2. The maximum Gasteiger partial charge on any atom is 0.242 e. The molecule has 0 aromatic heterocycles. The highest BCUT2D eigenvalue weighted by Gasteiger charge is 2.29. The van der Waals surface area contributed by atoms with Crippen LogP contribution in [-0.2, 0) is 4.79 Å². The number of hydrogen-bond acceptors (Lipinski definition) is 3. The number of carbonyl (C=O) groups excluding carboxylic acids is 1. The van der Waals surface area contributed by atoms with Crippen LogP contribution in [0.1, 0.15) is 20.3 Å². The van der Waals surface area contributed by atoms with Crippen LogP contribution in [0.15, 0.2) is 0 Å². The van der Waals surface area contributed by atoms with Crippen LogP contribution in [0.5, 0.6) is 0 Å². The lowest BCUT2D eigenvalue weighted by Crippen LogP contribution is -2.47. The lowest BCUT2D eigenvalue weighted by molar-refractivity contribution is -0.136. The SMILES string of the molecule is CC(C)CN1CCCN(C)C(CO)C1=O. The van der Waals surface area contributed by atoms with E-state index in [0.29, 0.717) is 5.92 Å². The molecule has 1 aliphatic heterocycles. The Morgan fingerprint density at radius 2 is 2.13 bits per heavy atom. The predicted molar refractivity (Wildman–Crippen MR) is 59.5 cm³/mol. The number of likely N-dealkylation sites (N-methyl/N-ethyl adjacent to an activating group) is 1. The summed E-state index contributed by atoms with van der Waals surface area (Å²) in [6.07, 6.45) is 0.992.